The summed E-state index contributed by atoms with van der Waals surface area (Å²) >= 11 is 5.96. The molecule has 102 valence electrons. The highest BCUT2D eigenvalue weighted by Gasteiger charge is 2.13. The third kappa shape index (κ3) is 5.25. The Hall–Kier alpha value is -0.770. The zero-order chi connectivity index (χ0) is 12.7. The van der Waals surface area contributed by atoms with Gasteiger partial charge in [0.05, 0.1) is 10.6 Å². The SMILES string of the molecule is CCCCC(CN)NC(=O)c1ccccc1Cl.Cl. The molecule has 1 rings (SSSR count). The van der Waals surface area contributed by atoms with Gasteiger partial charge in [-0.1, -0.05) is 43.5 Å². The van der Waals surface area contributed by atoms with E-state index < -0.39 is 0 Å². The highest BCUT2D eigenvalue weighted by molar-refractivity contribution is 6.33. The Labute approximate surface area is 119 Å². The van der Waals surface area contributed by atoms with E-state index in [9.17, 15) is 4.79 Å². The van der Waals surface area contributed by atoms with Gasteiger partial charge in [-0.15, -0.1) is 12.4 Å². The zero-order valence-corrected chi connectivity index (χ0v) is 12.1. The first kappa shape index (κ1) is 17.2. The van der Waals surface area contributed by atoms with Crippen LogP contribution in [0.2, 0.25) is 5.02 Å². The third-order valence-electron chi connectivity index (χ3n) is 2.64. The van der Waals surface area contributed by atoms with Gasteiger partial charge in [0.15, 0.2) is 0 Å². The number of carbonyl (C=O) groups is 1. The molecule has 1 aromatic carbocycles. The normalized spacial score (nSPS) is 11.5. The standard InChI is InChI=1S/C13H19ClN2O.ClH/c1-2-3-6-10(9-15)16-13(17)11-7-4-5-8-12(11)14;/h4-5,7-8,10H,2-3,6,9,15H2,1H3,(H,16,17);1H. The van der Waals surface area contributed by atoms with Crippen LogP contribution < -0.4 is 11.1 Å². The van der Waals surface area contributed by atoms with E-state index in [4.69, 9.17) is 17.3 Å². The Morgan fingerprint density at radius 2 is 2.11 bits per heavy atom. The molecule has 0 spiro atoms. The monoisotopic (exact) mass is 290 g/mol. The summed E-state index contributed by atoms with van der Waals surface area (Å²) in [5, 5.41) is 3.38. The Bertz CT molecular complexity index is 372. The lowest BCUT2D eigenvalue weighted by Gasteiger charge is -2.16. The maximum Gasteiger partial charge on any atom is 0.253 e. The van der Waals surface area contributed by atoms with Crippen LogP contribution in [0.5, 0.6) is 0 Å². The van der Waals surface area contributed by atoms with Gasteiger partial charge in [0, 0.05) is 12.6 Å². The van der Waals surface area contributed by atoms with Crippen LogP contribution >= 0.6 is 24.0 Å². The summed E-state index contributed by atoms with van der Waals surface area (Å²) in [6.45, 7) is 2.57. The van der Waals surface area contributed by atoms with Gasteiger partial charge in [0.25, 0.3) is 5.91 Å². The lowest BCUT2D eigenvalue weighted by atomic mass is 10.1. The molecule has 0 aliphatic heterocycles. The topological polar surface area (TPSA) is 55.1 Å². The van der Waals surface area contributed by atoms with Crippen LogP contribution in [-0.2, 0) is 0 Å². The minimum Gasteiger partial charge on any atom is -0.348 e. The molecule has 1 unspecified atom stereocenters. The van der Waals surface area contributed by atoms with E-state index in [1.54, 1.807) is 24.3 Å². The predicted octanol–water partition coefficient (Wildman–Crippen LogP) is 3.01. The number of halogens is 2. The molecule has 0 fully saturated rings. The second-order valence-corrected chi connectivity index (χ2v) is 4.44. The summed E-state index contributed by atoms with van der Waals surface area (Å²) in [5.74, 6) is -0.151. The molecule has 0 saturated carbocycles. The quantitative estimate of drug-likeness (QED) is 0.846. The van der Waals surface area contributed by atoms with E-state index in [-0.39, 0.29) is 24.4 Å². The average Bonchev–Trinajstić information content (AvgIpc) is 2.34. The second-order valence-electron chi connectivity index (χ2n) is 4.03. The van der Waals surface area contributed by atoms with Crippen LogP contribution in [0.3, 0.4) is 0 Å². The van der Waals surface area contributed by atoms with Crippen LogP contribution in [0, 0.1) is 0 Å². The van der Waals surface area contributed by atoms with E-state index in [1.807, 2.05) is 0 Å². The lowest BCUT2D eigenvalue weighted by Crippen LogP contribution is -2.40. The van der Waals surface area contributed by atoms with Crippen molar-refractivity contribution in [2.45, 2.75) is 32.2 Å². The third-order valence-corrected chi connectivity index (χ3v) is 2.97. The van der Waals surface area contributed by atoms with Gasteiger partial charge >= 0.3 is 0 Å². The fraction of sp³-hybridized carbons (Fsp3) is 0.462. The zero-order valence-electron chi connectivity index (χ0n) is 10.5. The largest absolute Gasteiger partial charge is 0.348 e. The van der Waals surface area contributed by atoms with Crippen molar-refractivity contribution in [3.05, 3.63) is 34.9 Å². The Kier molecular flexibility index (Phi) is 8.81. The number of nitrogens with two attached hydrogens (primary N) is 1. The smallest absolute Gasteiger partial charge is 0.253 e. The van der Waals surface area contributed by atoms with E-state index in [2.05, 4.69) is 12.2 Å². The summed E-state index contributed by atoms with van der Waals surface area (Å²) < 4.78 is 0. The number of unbranched alkanes of at least 4 members (excludes halogenated alkanes) is 1. The van der Waals surface area contributed by atoms with Crippen molar-refractivity contribution < 1.29 is 4.79 Å². The molecule has 18 heavy (non-hydrogen) atoms. The molecule has 0 bridgehead atoms. The predicted molar refractivity (Wildman–Crippen MR) is 78.5 cm³/mol. The van der Waals surface area contributed by atoms with Crippen molar-refractivity contribution in [3.8, 4) is 0 Å². The molecule has 3 nitrogen and oxygen atoms in total. The van der Waals surface area contributed by atoms with E-state index in [1.165, 1.54) is 0 Å². The summed E-state index contributed by atoms with van der Waals surface area (Å²) in [6, 6.07) is 7.05. The van der Waals surface area contributed by atoms with Crippen LogP contribution in [-0.4, -0.2) is 18.5 Å². The van der Waals surface area contributed by atoms with E-state index in [0.717, 1.165) is 19.3 Å². The molecule has 0 saturated heterocycles. The van der Waals surface area contributed by atoms with Crippen LogP contribution in [0.1, 0.15) is 36.5 Å². The maximum absolute atomic E-state index is 11.9. The number of amides is 1. The van der Waals surface area contributed by atoms with Crippen LogP contribution in [0.15, 0.2) is 24.3 Å². The number of hydrogen-bond acceptors (Lipinski definition) is 2. The van der Waals surface area contributed by atoms with Crippen molar-refractivity contribution in [1.29, 1.82) is 0 Å². The number of benzene rings is 1. The first-order valence-corrected chi connectivity index (χ1v) is 6.32. The molecule has 1 atom stereocenters. The van der Waals surface area contributed by atoms with Gasteiger partial charge in [-0.2, -0.15) is 0 Å². The molecule has 0 aliphatic rings. The van der Waals surface area contributed by atoms with Crippen molar-refractivity contribution in [2.24, 2.45) is 5.73 Å². The average molecular weight is 291 g/mol. The Morgan fingerprint density at radius 1 is 1.44 bits per heavy atom. The van der Waals surface area contributed by atoms with Gasteiger partial charge in [0.2, 0.25) is 0 Å². The molecular weight excluding hydrogens is 271 g/mol. The summed E-state index contributed by atoms with van der Waals surface area (Å²) in [7, 11) is 0. The van der Waals surface area contributed by atoms with Gasteiger partial charge < -0.3 is 11.1 Å². The summed E-state index contributed by atoms with van der Waals surface area (Å²) in [4.78, 5) is 11.9. The summed E-state index contributed by atoms with van der Waals surface area (Å²) in [6.07, 6.45) is 3.06. The fourth-order valence-corrected chi connectivity index (χ4v) is 1.83. The molecule has 0 heterocycles. The van der Waals surface area contributed by atoms with Crippen LogP contribution in [0.25, 0.3) is 0 Å². The Morgan fingerprint density at radius 3 is 2.67 bits per heavy atom. The van der Waals surface area contributed by atoms with Crippen molar-refractivity contribution in [3.63, 3.8) is 0 Å². The highest BCUT2D eigenvalue weighted by atomic mass is 35.5. The van der Waals surface area contributed by atoms with Crippen molar-refractivity contribution in [2.75, 3.05) is 6.54 Å². The molecule has 0 aliphatic carbocycles. The van der Waals surface area contributed by atoms with Gasteiger partial charge in [-0.05, 0) is 18.6 Å². The first-order valence-electron chi connectivity index (χ1n) is 5.94. The minimum absolute atomic E-state index is 0. The molecular formula is C13H20Cl2N2O. The molecule has 0 radical (unpaired) electrons. The molecule has 0 aromatic heterocycles. The maximum atomic E-state index is 11.9. The molecule has 3 N–H and O–H groups in total. The fourth-order valence-electron chi connectivity index (χ4n) is 1.61. The van der Waals surface area contributed by atoms with Gasteiger partial charge in [0.1, 0.15) is 0 Å². The second kappa shape index (κ2) is 9.20. The van der Waals surface area contributed by atoms with E-state index in [0.29, 0.717) is 17.1 Å². The molecule has 1 amide bonds. The lowest BCUT2D eigenvalue weighted by molar-refractivity contribution is 0.0936. The van der Waals surface area contributed by atoms with Gasteiger partial charge in [-0.25, -0.2) is 0 Å². The first-order chi connectivity index (χ1) is 8.19. The van der Waals surface area contributed by atoms with Crippen LogP contribution in [0.4, 0.5) is 0 Å². The number of nitrogens with one attached hydrogen (secondary N) is 1. The number of carbonyl (C=O) groups excluding carboxylic acids is 1. The highest BCUT2D eigenvalue weighted by Crippen LogP contribution is 2.15. The minimum atomic E-state index is -0.151. The molecule has 1 aromatic rings. The number of rotatable bonds is 6. The van der Waals surface area contributed by atoms with Gasteiger partial charge in [-0.3, -0.25) is 4.79 Å². The van der Waals surface area contributed by atoms with E-state index >= 15 is 0 Å². The van der Waals surface area contributed by atoms with Crippen molar-refractivity contribution in [1.82, 2.24) is 5.32 Å². The molecule has 5 heteroatoms. The van der Waals surface area contributed by atoms with Crippen molar-refractivity contribution >= 4 is 29.9 Å². The summed E-state index contributed by atoms with van der Waals surface area (Å²) in [5.41, 5.74) is 6.13. The number of hydrogen-bond donors (Lipinski definition) is 2. The Balaban J connectivity index is 0.00000289.